The Morgan fingerprint density at radius 1 is 1.29 bits per heavy atom. The fourth-order valence-electron chi connectivity index (χ4n) is 1.32. The van der Waals surface area contributed by atoms with E-state index in [-0.39, 0.29) is 5.78 Å². The van der Waals surface area contributed by atoms with E-state index in [2.05, 4.69) is 15.9 Å². The van der Waals surface area contributed by atoms with E-state index in [1.54, 1.807) is 24.3 Å². The summed E-state index contributed by atoms with van der Waals surface area (Å²) in [7, 11) is 0. The highest BCUT2D eigenvalue weighted by molar-refractivity contribution is 9.10. The highest BCUT2D eigenvalue weighted by Crippen LogP contribution is 2.33. The molecule has 0 saturated heterocycles. The van der Waals surface area contributed by atoms with Gasteiger partial charge in [0.05, 0.1) is 9.90 Å². The van der Waals surface area contributed by atoms with Crippen LogP contribution in [-0.2, 0) is 0 Å². The van der Waals surface area contributed by atoms with Crippen LogP contribution in [-0.4, -0.2) is 5.78 Å². The summed E-state index contributed by atoms with van der Waals surface area (Å²) in [6.45, 7) is 0. The number of hydrogen-bond donors (Lipinski definition) is 1. The third kappa shape index (κ3) is 2.65. The monoisotopic (exact) mass is 349 g/mol. The molecular weight excluding hydrogens is 345 g/mol. The Balaban J connectivity index is 2.44. The third-order valence-electron chi connectivity index (χ3n) is 2.16. The first-order valence-electron chi connectivity index (χ1n) is 4.53. The van der Waals surface area contributed by atoms with Gasteiger partial charge in [-0.2, -0.15) is 0 Å². The summed E-state index contributed by atoms with van der Waals surface area (Å²) in [6.07, 6.45) is 0. The molecule has 0 radical (unpaired) electrons. The molecule has 6 heteroatoms. The van der Waals surface area contributed by atoms with Crippen molar-refractivity contribution in [2.75, 3.05) is 5.73 Å². The fraction of sp³-hybridized carbons (Fsp3) is 0. The second-order valence-electron chi connectivity index (χ2n) is 3.30. The van der Waals surface area contributed by atoms with Gasteiger partial charge in [-0.15, -0.1) is 11.3 Å². The molecule has 0 spiro atoms. The van der Waals surface area contributed by atoms with Crippen molar-refractivity contribution in [3.63, 3.8) is 0 Å². The van der Waals surface area contributed by atoms with Gasteiger partial charge < -0.3 is 5.73 Å². The highest BCUT2D eigenvalue weighted by Gasteiger charge is 2.16. The predicted molar refractivity (Wildman–Crippen MR) is 76.3 cm³/mol. The van der Waals surface area contributed by atoms with E-state index >= 15 is 0 Å². The Bertz CT molecular complexity index is 597. The van der Waals surface area contributed by atoms with E-state index in [0.717, 1.165) is 0 Å². The van der Waals surface area contributed by atoms with Crippen molar-refractivity contribution in [3.8, 4) is 0 Å². The van der Waals surface area contributed by atoms with Gasteiger partial charge >= 0.3 is 0 Å². The van der Waals surface area contributed by atoms with Crippen molar-refractivity contribution in [1.82, 2.24) is 0 Å². The van der Waals surface area contributed by atoms with Crippen LogP contribution in [0.5, 0.6) is 0 Å². The van der Waals surface area contributed by atoms with Gasteiger partial charge in [0.1, 0.15) is 4.34 Å². The van der Waals surface area contributed by atoms with Gasteiger partial charge in [0.25, 0.3) is 0 Å². The van der Waals surface area contributed by atoms with E-state index in [9.17, 15) is 4.79 Å². The van der Waals surface area contributed by atoms with E-state index in [1.807, 2.05) is 0 Å². The van der Waals surface area contributed by atoms with Crippen molar-refractivity contribution in [3.05, 3.63) is 48.5 Å². The van der Waals surface area contributed by atoms with Gasteiger partial charge in [-0.25, -0.2) is 0 Å². The van der Waals surface area contributed by atoms with Crippen molar-refractivity contribution < 1.29 is 4.79 Å². The summed E-state index contributed by atoms with van der Waals surface area (Å²) >= 11 is 16.2. The molecule has 2 nitrogen and oxygen atoms in total. The number of carbonyl (C=O) groups excluding carboxylic acids is 1. The normalized spacial score (nSPS) is 10.5. The molecule has 0 saturated carbocycles. The summed E-state index contributed by atoms with van der Waals surface area (Å²) < 4.78 is 1.57. The van der Waals surface area contributed by atoms with Crippen LogP contribution in [0.15, 0.2) is 28.7 Å². The van der Waals surface area contributed by atoms with Crippen molar-refractivity contribution in [1.29, 1.82) is 0 Å². The van der Waals surface area contributed by atoms with Gasteiger partial charge in [-0.3, -0.25) is 4.79 Å². The summed E-state index contributed by atoms with van der Waals surface area (Å²) in [5.41, 5.74) is 7.17. The molecule has 2 rings (SSSR count). The van der Waals surface area contributed by atoms with Crippen molar-refractivity contribution >= 4 is 61.9 Å². The zero-order valence-corrected chi connectivity index (χ0v) is 12.3. The minimum absolute atomic E-state index is 0.168. The molecule has 0 aliphatic rings. The van der Waals surface area contributed by atoms with Crippen LogP contribution in [0.2, 0.25) is 8.67 Å². The van der Waals surface area contributed by atoms with Crippen LogP contribution in [0, 0.1) is 0 Å². The highest BCUT2D eigenvalue weighted by atomic mass is 79.9. The standard InChI is InChI=1S/C11H6BrCl2NOS/c12-7-3-5(1-2-8(7)15)10(16)6-4-9(13)17-11(6)14/h1-4H,15H2. The second kappa shape index (κ2) is 4.98. The molecule has 1 heterocycles. The van der Waals surface area contributed by atoms with Crippen LogP contribution in [0.1, 0.15) is 15.9 Å². The first kappa shape index (κ1) is 12.9. The molecule has 0 bridgehead atoms. The smallest absolute Gasteiger partial charge is 0.195 e. The molecule has 1 aromatic heterocycles. The van der Waals surface area contributed by atoms with Crippen LogP contribution in [0.25, 0.3) is 0 Å². The van der Waals surface area contributed by atoms with E-state index in [0.29, 0.717) is 30.0 Å². The van der Waals surface area contributed by atoms with Gasteiger partial charge in [-0.1, -0.05) is 23.2 Å². The zero-order valence-electron chi connectivity index (χ0n) is 8.34. The predicted octanol–water partition coefficient (Wildman–Crippen LogP) is 4.63. The number of halogens is 3. The molecule has 0 aliphatic carbocycles. The number of nitrogens with two attached hydrogens (primary N) is 1. The lowest BCUT2D eigenvalue weighted by molar-refractivity contribution is 0.103. The molecule has 88 valence electrons. The number of benzene rings is 1. The van der Waals surface area contributed by atoms with Crippen molar-refractivity contribution in [2.24, 2.45) is 0 Å². The molecule has 0 aliphatic heterocycles. The Morgan fingerprint density at radius 3 is 2.53 bits per heavy atom. The van der Waals surface area contributed by atoms with Crippen molar-refractivity contribution in [2.45, 2.75) is 0 Å². The van der Waals surface area contributed by atoms with Gasteiger partial charge in [0, 0.05) is 15.7 Å². The topological polar surface area (TPSA) is 43.1 Å². The summed E-state index contributed by atoms with van der Waals surface area (Å²) in [5.74, 6) is -0.168. The number of rotatable bonds is 2. The average Bonchev–Trinajstić information content (AvgIpc) is 2.61. The number of anilines is 1. The SMILES string of the molecule is Nc1ccc(C(=O)c2cc(Cl)sc2Cl)cc1Br. The van der Waals surface area contributed by atoms with E-state index in [4.69, 9.17) is 28.9 Å². The minimum atomic E-state index is -0.168. The number of carbonyl (C=O) groups is 1. The summed E-state index contributed by atoms with van der Waals surface area (Å²) in [6, 6.07) is 6.56. The average molecular weight is 351 g/mol. The molecule has 2 N–H and O–H groups in total. The number of hydrogen-bond acceptors (Lipinski definition) is 3. The Kier molecular flexibility index (Phi) is 3.78. The maximum Gasteiger partial charge on any atom is 0.195 e. The largest absolute Gasteiger partial charge is 0.398 e. The van der Waals surface area contributed by atoms with Gasteiger partial charge in [0.2, 0.25) is 0 Å². The van der Waals surface area contributed by atoms with Gasteiger partial charge in [0.15, 0.2) is 5.78 Å². The fourth-order valence-corrected chi connectivity index (χ4v) is 3.16. The maximum absolute atomic E-state index is 12.1. The Morgan fingerprint density at radius 2 is 2.00 bits per heavy atom. The first-order chi connectivity index (χ1) is 7.99. The van der Waals surface area contributed by atoms with E-state index < -0.39 is 0 Å². The molecular formula is C11H6BrCl2NOS. The lowest BCUT2D eigenvalue weighted by atomic mass is 10.1. The lowest BCUT2D eigenvalue weighted by Gasteiger charge is -2.02. The van der Waals surface area contributed by atoms with E-state index in [1.165, 1.54) is 11.3 Å². The summed E-state index contributed by atoms with van der Waals surface area (Å²) in [4.78, 5) is 12.1. The van der Waals surface area contributed by atoms with Crippen LogP contribution >= 0.6 is 50.5 Å². The molecule has 0 fully saturated rings. The maximum atomic E-state index is 12.1. The Labute approximate surface area is 120 Å². The zero-order chi connectivity index (χ0) is 12.6. The second-order valence-corrected chi connectivity index (χ2v) is 6.44. The molecule has 17 heavy (non-hydrogen) atoms. The Hall–Kier alpha value is -0.550. The number of thiophene rings is 1. The van der Waals surface area contributed by atoms with Crippen LogP contribution in [0.3, 0.4) is 0 Å². The van der Waals surface area contributed by atoms with Crippen LogP contribution < -0.4 is 5.73 Å². The minimum Gasteiger partial charge on any atom is -0.398 e. The molecule has 0 unspecified atom stereocenters. The number of nitrogen functional groups attached to an aromatic ring is 1. The summed E-state index contributed by atoms with van der Waals surface area (Å²) in [5, 5.41) is 0. The lowest BCUT2D eigenvalue weighted by Crippen LogP contribution is -2.01. The van der Waals surface area contributed by atoms with Gasteiger partial charge in [-0.05, 0) is 40.2 Å². The molecule has 2 aromatic rings. The third-order valence-corrected chi connectivity index (χ3v) is 4.34. The van der Waals surface area contributed by atoms with Crippen LogP contribution in [0.4, 0.5) is 5.69 Å². The quantitative estimate of drug-likeness (QED) is 0.633. The number of ketones is 1. The molecule has 0 amide bonds. The first-order valence-corrected chi connectivity index (χ1v) is 6.90. The molecule has 0 atom stereocenters. The molecule has 1 aromatic carbocycles.